The van der Waals surface area contributed by atoms with Crippen molar-refractivity contribution < 1.29 is 18.0 Å². The van der Waals surface area contributed by atoms with E-state index in [1.54, 1.807) is 4.68 Å². The van der Waals surface area contributed by atoms with Gasteiger partial charge in [0.05, 0.1) is 27.7 Å². The molecule has 0 fully saturated rings. The van der Waals surface area contributed by atoms with Gasteiger partial charge in [0.25, 0.3) is 5.56 Å². The van der Waals surface area contributed by atoms with Gasteiger partial charge in [-0.1, -0.05) is 29.8 Å². The van der Waals surface area contributed by atoms with Gasteiger partial charge in [-0.3, -0.25) is 14.2 Å². The Morgan fingerprint density at radius 3 is 2.47 bits per heavy atom. The zero-order chi connectivity index (χ0) is 24.6. The van der Waals surface area contributed by atoms with Crippen LogP contribution in [0.25, 0.3) is 16.7 Å². The number of hydrogen-bond donors (Lipinski definition) is 1. The van der Waals surface area contributed by atoms with Gasteiger partial charge in [-0.2, -0.15) is 18.3 Å². The Morgan fingerprint density at radius 2 is 1.79 bits per heavy atom. The Kier molecular flexibility index (Phi) is 6.22. The van der Waals surface area contributed by atoms with Crippen molar-refractivity contribution in [2.45, 2.75) is 33.0 Å². The number of amides is 1. The van der Waals surface area contributed by atoms with Crippen LogP contribution in [0.3, 0.4) is 0 Å². The molecule has 2 aromatic heterocycles. The van der Waals surface area contributed by atoms with Crippen LogP contribution in [0.4, 0.5) is 18.9 Å². The van der Waals surface area contributed by atoms with Crippen molar-refractivity contribution >= 4 is 34.2 Å². The molecule has 0 saturated carbocycles. The first kappa shape index (κ1) is 23.6. The van der Waals surface area contributed by atoms with Crippen molar-refractivity contribution in [3.8, 4) is 5.69 Å². The van der Waals surface area contributed by atoms with Gasteiger partial charge < -0.3 is 5.32 Å². The normalized spacial score (nSPS) is 11.7. The minimum absolute atomic E-state index is 0.00397. The maximum Gasteiger partial charge on any atom is 0.416 e. The van der Waals surface area contributed by atoms with E-state index in [0.717, 1.165) is 40.5 Å². The summed E-state index contributed by atoms with van der Waals surface area (Å²) in [4.78, 5) is 25.5. The number of carbonyl (C=O) groups excluding carboxylic acids is 1. The Bertz CT molecular complexity index is 1440. The maximum atomic E-state index is 13.0. The van der Waals surface area contributed by atoms with E-state index in [-0.39, 0.29) is 29.2 Å². The molecule has 4 aromatic rings. The highest BCUT2D eigenvalue weighted by Gasteiger charge is 2.31. The molecule has 10 heteroatoms. The standard InChI is InChI=1S/C24H20ClF3N4O2/c1-14-12-21(34)31(23-22(14)15(2)30-32(23)17-6-4-3-5-7-17)11-10-20(33)29-19-13-16(24(26,27)28)8-9-18(19)25/h3-9,12-13H,10-11H2,1-2H3,(H,29,33). The number of halogens is 4. The number of carbonyl (C=O) groups is 1. The third-order valence-corrected chi connectivity index (χ3v) is 5.75. The van der Waals surface area contributed by atoms with Crippen molar-refractivity contribution in [2.75, 3.05) is 5.32 Å². The summed E-state index contributed by atoms with van der Waals surface area (Å²) in [6, 6.07) is 13.5. The molecule has 34 heavy (non-hydrogen) atoms. The third kappa shape index (κ3) is 4.56. The van der Waals surface area contributed by atoms with E-state index < -0.39 is 17.6 Å². The van der Waals surface area contributed by atoms with E-state index in [2.05, 4.69) is 10.4 Å². The second kappa shape index (κ2) is 8.98. The number of nitrogens with one attached hydrogen (secondary N) is 1. The van der Waals surface area contributed by atoms with Crippen molar-refractivity contribution in [1.29, 1.82) is 0 Å². The van der Waals surface area contributed by atoms with E-state index >= 15 is 0 Å². The smallest absolute Gasteiger partial charge is 0.325 e. The number of nitrogens with zero attached hydrogens (tertiary/aromatic N) is 3. The number of anilines is 1. The molecule has 0 bridgehead atoms. The quantitative estimate of drug-likeness (QED) is 0.403. The Morgan fingerprint density at radius 1 is 1.09 bits per heavy atom. The fourth-order valence-corrected chi connectivity index (χ4v) is 4.02. The molecule has 176 valence electrons. The number of alkyl halides is 3. The zero-order valence-corrected chi connectivity index (χ0v) is 19.0. The van der Waals surface area contributed by atoms with Gasteiger partial charge in [-0.15, -0.1) is 0 Å². The molecule has 0 unspecified atom stereocenters. The maximum absolute atomic E-state index is 13.0. The van der Waals surface area contributed by atoms with E-state index in [4.69, 9.17) is 11.6 Å². The highest BCUT2D eigenvalue weighted by Crippen LogP contribution is 2.34. The van der Waals surface area contributed by atoms with Crippen LogP contribution >= 0.6 is 11.6 Å². The summed E-state index contributed by atoms with van der Waals surface area (Å²) in [5.74, 6) is -0.579. The Labute approximate surface area is 197 Å². The summed E-state index contributed by atoms with van der Waals surface area (Å²) in [7, 11) is 0. The van der Waals surface area contributed by atoms with Gasteiger partial charge in [0.1, 0.15) is 5.65 Å². The highest BCUT2D eigenvalue weighted by molar-refractivity contribution is 6.33. The Balaban J connectivity index is 1.66. The molecule has 0 atom stereocenters. The Hall–Kier alpha value is -3.59. The molecular weight excluding hydrogens is 469 g/mol. The molecule has 2 aromatic carbocycles. The van der Waals surface area contributed by atoms with Gasteiger partial charge in [0.15, 0.2) is 0 Å². The predicted octanol–water partition coefficient (Wildman–Crippen LogP) is 5.51. The first-order chi connectivity index (χ1) is 16.1. The molecule has 0 aliphatic carbocycles. The molecule has 6 nitrogen and oxygen atoms in total. The second-order valence-electron chi connectivity index (χ2n) is 7.84. The molecule has 0 spiro atoms. The van der Waals surface area contributed by atoms with Gasteiger partial charge >= 0.3 is 6.18 Å². The molecule has 4 rings (SSSR count). The monoisotopic (exact) mass is 488 g/mol. The minimum atomic E-state index is -4.57. The minimum Gasteiger partial charge on any atom is -0.325 e. The highest BCUT2D eigenvalue weighted by atomic mass is 35.5. The third-order valence-electron chi connectivity index (χ3n) is 5.42. The SMILES string of the molecule is Cc1cc(=O)n(CCC(=O)Nc2cc(C(F)(F)F)ccc2Cl)c2c1c(C)nn2-c1ccccc1. The number of hydrogen-bond acceptors (Lipinski definition) is 3. The van der Waals surface area contributed by atoms with Gasteiger partial charge in [-0.05, 0) is 49.7 Å². The summed E-state index contributed by atoms with van der Waals surface area (Å²) in [6.07, 6.45) is -4.73. The van der Waals surface area contributed by atoms with Crippen molar-refractivity contribution in [3.63, 3.8) is 0 Å². The lowest BCUT2D eigenvalue weighted by Gasteiger charge is -2.14. The van der Waals surface area contributed by atoms with Crippen LogP contribution in [-0.4, -0.2) is 20.3 Å². The lowest BCUT2D eigenvalue weighted by molar-refractivity contribution is -0.137. The van der Waals surface area contributed by atoms with E-state index in [0.29, 0.717) is 5.65 Å². The van der Waals surface area contributed by atoms with Crippen LogP contribution in [-0.2, 0) is 17.5 Å². The molecule has 0 radical (unpaired) electrons. The molecule has 0 saturated heterocycles. The first-order valence-electron chi connectivity index (χ1n) is 10.4. The van der Waals surface area contributed by atoms with Crippen molar-refractivity contribution in [2.24, 2.45) is 0 Å². The van der Waals surface area contributed by atoms with Crippen LogP contribution < -0.4 is 10.9 Å². The first-order valence-corrected chi connectivity index (χ1v) is 10.8. The molecular formula is C24H20ClF3N4O2. The van der Waals surface area contributed by atoms with E-state index in [1.807, 2.05) is 44.2 Å². The zero-order valence-electron chi connectivity index (χ0n) is 18.3. The molecule has 1 amide bonds. The number of rotatable bonds is 5. The van der Waals surface area contributed by atoms with Crippen molar-refractivity contribution in [1.82, 2.24) is 14.3 Å². The molecule has 2 heterocycles. The summed E-state index contributed by atoms with van der Waals surface area (Å²) >= 11 is 5.97. The molecule has 0 aliphatic heterocycles. The summed E-state index contributed by atoms with van der Waals surface area (Å²) in [6.45, 7) is 3.66. The van der Waals surface area contributed by atoms with Crippen LogP contribution in [0.5, 0.6) is 0 Å². The molecule has 1 N–H and O–H groups in total. The van der Waals surface area contributed by atoms with Crippen LogP contribution in [0.1, 0.15) is 23.2 Å². The lowest BCUT2D eigenvalue weighted by atomic mass is 10.1. The number of para-hydroxylation sites is 1. The van der Waals surface area contributed by atoms with E-state index in [1.165, 1.54) is 10.6 Å². The fourth-order valence-electron chi connectivity index (χ4n) is 3.85. The predicted molar refractivity (Wildman–Crippen MR) is 125 cm³/mol. The summed E-state index contributed by atoms with van der Waals surface area (Å²) < 4.78 is 42.1. The fraction of sp³-hybridized carbons (Fsp3) is 0.208. The number of fused-ring (bicyclic) bond motifs is 1. The number of pyridine rings is 1. The van der Waals surface area contributed by atoms with Crippen LogP contribution in [0, 0.1) is 13.8 Å². The number of benzene rings is 2. The lowest BCUT2D eigenvalue weighted by Crippen LogP contribution is -2.25. The second-order valence-corrected chi connectivity index (χ2v) is 8.25. The van der Waals surface area contributed by atoms with Gasteiger partial charge in [0.2, 0.25) is 5.91 Å². The van der Waals surface area contributed by atoms with Crippen molar-refractivity contribution in [3.05, 3.63) is 86.8 Å². The van der Waals surface area contributed by atoms with E-state index in [9.17, 15) is 22.8 Å². The molecule has 0 aliphatic rings. The summed E-state index contributed by atoms with van der Waals surface area (Å²) in [5.41, 5.74) is 1.39. The largest absolute Gasteiger partial charge is 0.416 e. The van der Waals surface area contributed by atoms with Gasteiger partial charge in [0, 0.05) is 24.4 Å². The van der Waals surface area contributed by atoms with Gasteiger partial charge in [-0.25, -0.2) is 4.68 Å². The average Bonchev–Trinajstić information content (AvgIpc) is 3.12. The topological polar surface area (TPSA) is 68.9 Å². The number of aryl methyl sites for hydroxylation is 3. The average molecular weight is 489 g/mol. The number of aromatic nitrogens is 3. The summed E-state index contributed by atoms with van der Waals surface area (Å²) in [5, 5.41) is 7.79. The van der Waals surface area contributed by atoms with Crippen LogP contribution in [0.2, 0.25) is 5.02 Å². The van der Waals surface area contributed by atoms with Crippen LogP contribution in [0.15, 0.2) is 59.4 Å².